The summed E-state index contributed by atoms with van der Waals surface area (Å²) in [5.41, 5.74) is 1.15. The van der Waals surface area contributed by atoms with Crippen molar-refractivity contribution in [3.8, 4) is 5.75 Å². The van der Waals surface area contributed by atoms with Gasteiger partial charge in [0.15, 0.2) is 0 Å². The number of rotatable bonds is 7. The monoisotopic (exact) mass is 255 g/mol. The van der Waals surface area contributed by atoms with Gasteiger partial charge in [0.25, 0.3) is 0 Å². The van der Waals surface area contributed by atoms with Crippen LogP contribution >= 0.6 is 11.6 Å². The summed E-state index contributed by atoms with van der Waals surface area (Å²) in [5.74, 6) is 2.35. The van der Waals surface area contributed by atoms with E-state index in [1.807, 2.05) is 18.2 Å². The molecular weight excluding hydrogens is 234 g/mol. The van der Waals surface area contributed by atoms with E-state index in [0.29, 0.717) is 5.92 Å². The van der Waals surface area contributed by atoms with Gasteiger partial charge in [-0.3, -0.25) is 0 Å². The average Bonchev–Trinajstić information content (AvgIpc) is 2.36. The van der Waals surface area contributed by atoms with Crippen LogP contribution in [0, 0.1) is 5.92 Å². The van der Waals surface area contributed by atoms with E-state index in [0.717, 1.165) is 36.7 Å². The van der Waals surface area contributed by atoms with Crippen LogP contribution in [0.25, 0.3) is 0 Å². The molecule has 0 spiro atoms. The molecule has 0 aliphatic carbocycles. The van der Waals surface area contributed by atoms with E-state index in [4.69, 9.17) is 16.3 Å². The number of anilines is 1. The average molecular weight is 256 g/mol. The van der Waals surface area contributed by atoms with Crippen molar-refractivity contribution in [2.24, 2.45) is 5.92 Å². The Kier molecular flexibility index (Phi) is 6.20. The first kappa shape index (κ1) is 14.2. The lowest BCUT2D eigenvalue weighted by molar-refractivity contribution is 0.414. The molecule has 0 radical (unpaired) electrons. The zero-order valence-corrected chi connectivity index (χ0v) is 11.7. The highest BCUT2D eigenvalue weighted by Gasteiger charge is 2.08. The van der Waals surface area contributed by atoms with Crippen LogP contribution in [0.2, 0.25) is 0 Å². The van der Waals surface area contributed by atoms with Crippen LogP contribution in [0.15, 0.2) is 24.3 Å². The van der Waals surface area contributed by atoms with Gasteiger partial charge in [-0.25, -0.2) is 0 Å². The van der Waals surface area contributed by atoms with Crippen LogP contribution in [-0.4, -0.2) is 26.6 Å². The van der Waals surface area contributed by atoms with Crippen LogP contribution in [0.4, 0.5) is 5.69 Å². The number of para-hydroxylation sites is 2. The quantitative estimate of drug-likeness (QED) is 0.688. The molecule has 1 atom stereocenters. The fraction of sp³-hybridized carbons (Fsp3) is 0.571. The number of alkyl halides is 1. The minimum Gasteiger partial charge on any atom is -0.495 e. The molecule has 0 aliphatic rings. The normalized spacial score (nSPS) is 12.2. The largest absolute Gasteiger partial charge is 0.495 e. The first-order valence-electron chi connectivity index (χ1n) is 6.09. The smallest absolute Gasteiger partial charge is 0.142 e. The molecule has 0 saturated carbocycles. The number of hydrogen-bond acceptors (Lipinski definition) is 2. The predicted molar refractivity (Wildman–Crippen MR) is 75.4 cm³/mol. The Balaban J connectivity index is 2.54. The maximum Gasteiger partial charge on any atom is 0.142 e. The van der Waals surface area contributed by atoms with E-state index in [-0.39, 0.29) is 0 Å². The summed E-state index contributed by atoms with van der Waals surface area (Å²) in [4.78, 5) is 2.24. The first-order chi connectivity index (χ1) is 8.19. The summed E-state index contributed by atoms with van der Waals surface area (Å²) >= 11 is 5.74. The molecule has 0 heterocycles. The third-order valence-electron chi connectivity index (χ3n) is 3.06. The molecule has 0 aromatic heterocycles. The maximum absolute atomic E-state index is 5.74. The van der Waals surface area contributed by atoms with Crippen molar-refractivity contribution in [1.29, 1.82) is 0 Å². The molecule has 0 aliphatic heterocycles. The molecule has 1 rings (SSSR count). The number of nitrogens with zero attached hydrogens (tertiary/aromatic N) is 1. The van der Waals surface area contributed by atoms with Crippen molar-refractivity contribution < 1.29 is 4.74 Å². The number of halogens is 1. The second kappa shape index (κ2) is 7.44. The Bertz CT molecular complexity index is 330. The van der Waals surface area contributed by atoms with Crippen molar-refractivity contribution in [2.45, 2.75) is 19.8 Å². The van der Waals surface area contributed by atoms with Crippen molar-refractivity contribution in [3.05, 3.63) is 24.3 Å². The van der Waals surface area contributed by atoms with Crippen molar-refractivity contribution in [3.63, 3.8) is 0 Å². The molecule has 2 nitrogen and oxygen atoms in total. The molecule has 0 bridgehead atoms. The number of hydrogen-bond donors (Lipinski definition) is 0. The van der Waals surface area contributed by atoms with Gasteiger partial charge in [0, 0.05) is 19.5 Å². The van der Waals surface area contributed by atoms with Gasteiger partial charge in [-0.05, 0) is 30.9 Å². The lowest BCUT2D eigenvalue weighted by atomic mass is 10.0. The zero-order chi connectivity index (χ0) is 12.7. The highest BCUT2D eigenvalue weighted by molar-refractivity contribution is 6.17. The Morgan fingerprint density at radius 3 is 2.65 bits per heavy atom. The van der Waals surface area contributed by atoms with Crippen LogP contribution in [0.3, 0.4) is 0 Å². The zero-order valence-electron chi connectivity index (χ0n) is 10.9. The summed E-state index contributed by atoms with van der Waals surface area (Å²) in [5, 5.41) is 0. The predicted octanol–water partition coefficient (Wildman–Crippen LogP) is 3.79. The molecule has 3 heteroatoms. The molecule has 0 saturated heterocycles. The summed E-state index contributed by atoms with van der Waals surface area (Å²) in [6, 6.07) is 8.11. The van der Waals surface area contributed by atoms with Crippen molar-refractivity contribution in [2.75, 3.05) is 31.5 Å². The molecule has 0 fully saturated rings. The third-order valence-corrected chi connectivity index (χ3v) is 3.27. The Morgan fingerprint density at radius 1 is 1.29 bits per heavy atom. The SMILES string of the molecule is COc1ccccc1N(C)CCC(C)CCCl. The Labute approximate surface area is 110 Å². The molecule has 1 aromatic rings. The summed E-state index contributed by atoms with van der Waals surface area (Å²) < 4.78 is 5.36. The summed E-state index contributed by atoms with van der Waals surface area (Å²) in [7, 11) is 3.81. The van der Waals surface area contributed by atoms with Crippen LogP contribution in [-0.2, 0) is 0 Å². The fourth-order valence-corrected chi connectivity index (χ4v) is 2.18. The molecule has 17 heavy (non-hydrogen) atoms. The molecular formula is C14H22ClNO. The topological polar surface area (TPSA) is 12.5 Å². The number of ether oxygens (including phenoxy) is 1. The highest BCUT2D eigenvalue weighted by Crippen LogP contribution is 2.27. The van der Waals surface area contributed by atoms with E-state index >= 15 is 0 Å². The van der Waals surface area contributed by atoms with Gasteiger partial charge in [-0.15, -0.1) is 11.6 Å². The van der Waals surface area contributed by atoms with Crippen molar-refractivity contribution >= 4 is 17.3 Å². The third kappa shape index (κ3) is 4.47. The lowest BCUT2D eigenvalue weighted by Gasteiger charge is -2.23. The molecule has 1 unspecified atom stereocenters. The van der Waals surface area contributed by atoms with Crippen molar-refractivity contribution in [1.82, 2.24) is 0 Å². The summed E-state index contributed by atoms with van der Waals surface area (Å²) in [6.45, 7) is 3.27. The van der Waals surface area contributed by atoms with E-state index in [1.54, 1.807) is 7.11 Å². The van der Waals surface area contributed by atoms with E-state index in [2.05, 4.69) is 24.9 Å². The Hall–Kier alpha value is -0.890. The minimum atomic E-state index is 0.671. The van der Waals surface area contributed by atoms with Gasteiger partial charge in [-0.1, -0.05) is 19.1 Å². The van der Waals surface area contributed by atoms with Gasteiger partial charge in [-0.2, -0.15) is 0 Å². The standard InChI is InChI=1S/C14H22ClNO/c1-12(8-10-15)9-11-16(2)13-6-4-5-7-14(13)17-3/h4-7,12H,8-11H2,1-3H3. The van der Waals surface area contributed by atoms with Crippen LogP contribution < -0.4 is 9.64 Å². The Morgan fingerprint density at radius 2 is 2.00 bits per heavy atom. The molecule has 1 aromatic carbocycles. The van der Waals surface area contributed by atoms with Crippen LogP contribution in [0.5, 0.6) is 5.75 Å². The number of benzene rings is 1. The van der Waals surface area contributed by atoms with E-state index in [9.17, 15) is 0 Å². The summed E-state index contributed by atoms with van der Waals surface area (Å²) in [6.07, 6.45) is 2.24. The minimum absolute atomic E-state index is 0.671. The number of methoxy groups -OCH3 is 1. The maximum atomic E-state index is 5.74. The fourth-order valence-electron chi connectivity index (χ4n) is 1.81. The van der Waals surface area contributed by atoms with Gasteiger partial charge in [0.05, 0.1) is 12.8 Å². The second-order valence-corrected chi connectivity index (χ2v) is 4.84. The van der Waals surface area contributed by atoms with E-state index in [1.165, 1.54) is 0 Å². The second-order valence-electron chi connectivity index (χ2n) is 4.46. The van der Waals surface area contributed by atoms with E-state index < -0.39 is 0 Å². The molecule has 0 N–H and O–H groups in total. The van der Waals surface area contributed by atoms with Gasteiger partial charge in [0.2, 0.25) is 0 Å². The first-order valence-corrected chi connectivity index (χ1v) is 6.62. The van der Waals surface area contributed by atoms with Gasteiger partial charge >= 0.3 is 0 Å². The highest BCUT2D eigenvalue weighted by atomic mass is 35.5. The lowest BCUT2D eigenvalue weighted by Crippen LogP contribution is -2.21. The van der Waals surface area contributed by atoms with Gasteiger partial charge < -0.3 is 9.64 Å². The molecule has 96 valence electrons. The van der Waals surface area contributed by atoms with Crippen LogP contribution in [0.1, 0.15) is 19.8 Å². The molecule has 0 amide bonds. The van der Waals surface area contributed by atoms with Gasteiger partial charge in [0.1, 0.15) is 5.75 Å².